The standard InChI is InChI=1S/C33H35N5/c1-25-20-26(21-34-22-28-10-6-8-18-35-28)14-15-27(25)23-38(24-29-11-7-9-19-36-29)33-17-16-32(37(2)3)30-12-4-5-13-31(30)33/h4-20,34H,21-24H2,1-3H3. The SMILES string of the molecule is Cc1cc(CNCc2ccccn2)ccc1CN(Cc1ccccn1)c1ccc(N(C)C)c2ccccc12. The van der Waals surface area contributed by atoms with Crippen molar-refractivity contribution in [3.8, 4) is 0 Å². The number of nitrogens with zero attached hydrogens (tertiary/aromatic N) is 4. The first kappa shape index (κ1) is 25.4. The maximum absolute atomic E-state index is 4.64. The number of fused-ring (bicyclic) bond motifs is 1. The largest absolute Gasteiger partial charge is 0.377 e. The van der Waals surface area contributed by atoms with Crippen LogP contribution in [0.3, 0.4) is 0 Å². The van der Waals surface area contributed by atoms with Crippen molar-refractivity contribution in [1.82, 2.24) is 15.3 Å². The number of hydrogen-bond acceptors (Lipinski definition) is 5. The lowest BCUT2D eigenvalue weighted by Gasteiger charge is -2.28. The van der Waals surface area contributed by atoms with E-state index in [2.05, 4.69) is 113 Å². The van der Waals surface area contributed by atoms with E-state index in [0.717, 1.165) is 37.6 Å². The van der Waals surface area contributed by atoms with Crippen LogP contribution in [-0.2, 0) is 26.2 Å². The summed E-state index contributed by atoms with van der Waals surface area (Å²) in [4.78, 5) is 13.7. The molecule has 0 amide bonds. The lowest BCUT2D eigenvalue weighted by atomic mass is 10.0. The Hall–Kier alpha value is -4.22. The molecule has 0 saturated heterocycles. The van der Waals surface area contributed by atoms with Crippen molar-refractivity contribution in [2.75, 3.05) is 23.9 Å². The van der Waals surface area contributed by atoms with Gasteiger partial charge in [-0.3, -0.25) is 9.97 Å². The fourth-order valence-corrected chi connectivity index (χ4v) is 4.94. The number of hydrogen-bond donors (Lipinski definition) is 1. The number of pyridine rings is 2. The molecule has 192 valence electrons. The fourth-order valence-electron chi connectivity index (χ4n) is 4.94. The lowest BCUT2D eigenvalue weighted by Crippen LogP contribution is -2.24. The molecule has 0 fully saturated rings. The molecule has 0 bridgehead atoms. The maximum Gasteiger partial charge on any atom is 0.0606 e. The van der Waals surface area contributed by atoms with Gasteiger partial charge in [0, 0.05) is 68.3 Å². The zero-order chi connectivity index (χ0) is 26.3. The van der Waals surface area contributed by atoms with Crippen LogP contribution in [0, 0.1) is 6.92 Å². The topological polar surface area (TPSA) is 44.3 Å². The van der Waals surface area contributed by atoms with Gasteiger partial charge in [0.1, 0.15) is 0 Å². The predicted molar refractivity (Wildman–Crippen MR) is 158 cm³/mol. The van der Waals surface area contributed by atoms with Gasteiger partial charge < -0.3 is 15.1 Å². The normalized spacial score (nSPS) is 11.0. The van der Waals surface area contributed by atoms with Crippen molar-refractivity contribution in [2.45, 2.75) is 33.1 Å². The van der Waals surface area contributed by atoms with Gasteiger partial charge in [-0.1, -0.05) is 54.6 Å². The molecule has 5 heteroatoms. The molecule has 0 aliphatic heterocycles. The van der Waals surface area contributed by atoms with Gasteiger partial charge >= 0.3 is 0 Å². The summed E-state index contributed by atoms with van der Waals surface area (Å²) in [7, 11) is 4.20. The Kier molecular flexibility index (Phi) is 7.95. The van der Waals surface area contributed by atoms with Crippen LogP contribution in [0.4, 0.5) is 11.4 Å². The predicted octanol–water partition coefficient (Wildman–Crippen LogP) is 6.50. The van der Waals surface area contributed by atoms with Crippen LogP contribution in [0.1, 0.15) is 28.1 Å². The third-order valence-electron chi connectivity index (χ3n) is 6.91. The highest BCUT2D eigenvalue weighted by molar-refractivity contribution is 6.02. The third-order valence-corrected chi connectivity index (χ3v) is 6.91. The van der Waals surface area contributed by atoms with E-state index in [1.807, 2.05) is 36.7 Å². The fraction of sp³-hybridized carbons (Fsp3) is 0.212. The minimum atomic E-state index is 0.735. The van der Waals surface area contributed by atoms with Crippen molar-refractivity contribution < 1.29 is 0 Å². The summed E-state index contributed by atoms with van der Waals surface area (Å²) in [5, 5.41) is 6.02. The van der Waals surface area contributed by atoms with E-state index in [0.29, 0.717) is 0 Å². The van der Waals surface area contributed by atoms with Gasteiger partial charge in [-0.05, 0) is 60.0 Å². The molecule has 0 saturated carbocycles. The Morgan fingerprint density at radius 2 is 1.32 bits per heavy atom. The molecule has 5 rings (SSSR count). The molecule has 1 N–H and O–H groups in total. The molecule has 38 heavy (non-hydrogen) atoms. The molecule has 2 heterocycles. The second-order valence-corrected chi connectivity index (χ2v) is 9.91. The highest BCUT2D eigenvalue weighted by atomic mass is 15.1. The molecule has 0 atom stereocenters. The van der Waals surface area contributed by atoms with Gasteiger partial charge in [-0.25, -0.2) is 0 Å². The van der Waals surface area contributed by atoms with Crippen LogP contribution in [0.5, 0.6) is 0 Å². The van der Waals surface area contributed by atoms with Crippen LogP contribution in [0.15, 0.2) is 103 Å². The highest BCUT2D eigenvalue weighted by Crippen LogP contribution is 2.35. The Morgan fingerprint density at radius 1 is 0.658 bits per heavy atom. The Balaban J connectivity index is 1.41. The van der Waals surface area contributed by atoms with E-state index >= 15 is 0 Å². The van der Waals surface area contributed by atoms with Gasteiger partial charge in [0.25, 0.3) is 0 Å². The molecule has 0 spiro atoms. The van der Waals surface area contributed by atoms with E-state index in [-0.39, 0.29) is 0 Å². The van der Waals surface area contributed by atoms with Crippen molar-refractivity contribution in [3.63, 3.8) is 0 Å². The van der Waals surface area contributed by atoms with Crippen LogP contribution < -0.4 is 15.1 Å². The zero-order valence-corrected chi connectivity index (χ0v) is 22.4. The number of aryl methyl sites for hydroxylation is 1. The van der Waals surface area contributed by atoms with Crippen molar-refractivity contribution in [2.24, 2.45) is 0 Å². The smallest absolute Gasteiger partial charge is 0.0606 e. The number of nitrogens with one attached hydrogen (secondary N) is 1. The van der Waals surface area contributed by atoms with Crippen LogP contribution in [0.2, 0.25) is 0 Å². The average molecular weight is 502 g/mol. The molecule has 0 aliphatic rings. The minimum Gasteiger partial charge on any atom is -0.377 e. The molecular formula is C33H35N5. The molecule has 5 nitrogen and oxygen atoms in total. The Bertz CT molecular complexity index is 1480. The van der Waals surface area contributed by atoms with Gasteiger partial charge in [0.2, 0.25) is 0 Å². The third kappa shape index (κ3) is 6.01. The lowest BCUT2D eigenvalue weighted by molar-refractivity contribution is 0.679. The molecule has 3 aromatic carbocycles. The second kappa shape index (κ2) is 11.9. The van der Waals surface area contributed by atoms with Crippen LogP contribution >= 0.6 is 0 Å². The van der Waals surface area contributed by atoms with Crippen molar-refractivity contribution >= 4 is 22.1 Å². The summed E-state index contributed by atoms with van der Waals surface area (Å²) >= 11 is 0. The summed E-state index contributed by atoms with van der Waals surface area (Å²) in [5.74, 6) is 0. The van der Waals surface area contributed by atoms with Gasteiger partial charge in [0.15, 0.2) is 0 Å². The molecule has 5 aromatic rings. The average Bonchev–Trinajstić information content (AvgIpc) is 2.94. The first-order valence-corrected chi connectivity index (χ1v) is 13.1. The van der Waals surface area contributed by atoms with Crippen LogP contribution in [0.25, 0.3) is 10.8 Å². The van der Waals surface area contributed by atoms with Gasteiger partial charge in [-0.15, -0.1) is 0 Å². The Morgan fingerprint density at radius 3 is 1.97 bits per heavy atom. The molecule has 0 aliphatic carbocycles. The summed E-state index contributed by atoms with van der Waals surface area (Å²) in [6, 6.07) is 32.1. The summed E-state index contributed by atoms with van der Waals surface area (Å²) in [5.41, 5.74) is 8.44. The summed E-state index contributed by atoms with van der Waals surface area (Å²) in [6.07, 6.45) is 3.71. The zero-order valence-electron chi connectivity index (χ0n) is 22.4. The number of benzene rings is 3. The van der Waals surface area contributed by atoms with E-state index in [9.17, 15) is 0 Å². The number of rotatable bonds is 10. The first-order chi connectivity index (χ1) is 18.6. The summed E-state index contributed by atoms with van der Waals surface area (Å²) < 4.78 is 0. The maximum atomic E-state index is 4.64. The monoisotopic (exact) mass is 501 g/mol. The van der Waals surface area contributed by atoms with Crippen LogP contribution in [-0.4, -0.2) is 24.1 Å². The van der Waals surface area contributed by atoms with E-state index in [4.69, 9.17) is 0 Å². The quantitative estimate of drug-likeness (QED) is 0.237. The molecule has 0 unspecified atom stereocenters. The molecule has 0 radical (unpaired) electrons. The van der Waals surface area contributed by atoms with E-state index in [1.54, 1.807) is 0 Å². The molecular weight excluding hydrogens is 466 g/mol. The van der Waals surface area contributed by atoms with Crippen molar-refractivity contribution in [3.05, 3.63) is 131 Å². The van der Waals surface area contributed by atoms with Gasteiger partial charge in [0.05, 0.1) is 17.9 Å². The highest BCUT2D eigenvalue weighted by Gasteiger charge is 2.16. The van der Waals surface area contributed by atoms with E-state index < -0.39 is 0 Å². The second-order valence-electron chi connectivity index (χ2n) is 9.91. The van der Waals surface area contributed by atoms with Gasteiger partial charge in [-0.2, -0.15) is 0 Å². The van der Waals surface area contributed by atoms with E-state index in [1.165, 1.54) is 38.8 Å². The number of anilines is 2. The summed E-state index contributed by atoms with van der Waals surface area (Å²) in [6.45, 7) is 5.32. The number of aromatic nitrogens is 2. The molecule has 2 aromatic heterocycles. The van der Waals surface area contributed by atoms with Crippen molar-refractivity contribution in [1.29, 1.82) is 0 Å². The minimum absolute atomic E-state index is 0.735. The Labute approximate surface area is 225 Å². The first-order valence-electron chi connectivity index (χ1n) is 13.1.